The van der Waals surface area contributed by atoms with Gasteiger partial charge in [-0.3, -0.25) is 4.79 Å². The van der Waals surface area contributed by atoms with E-state index in [0.29, 0.717) is 17.8 Å². The first kappa shape index (κ1) is 16.6. The van der Waals surface area contributed by atoms with Crippen LogP contribution in [0.4, 0.5) is 4.39 Å². The molecule has 1 atom stereocenters. The van der Waals surface area contributed by atoms with E-state index in [1.54, 1.807) is 22.9 Å². The summed E-state index contributed by atoms with van der Waals surface area (Å²) < 4.78 is 15.0. The Hall–Kier alpha value is -2.21. The van der Waals surface area contributed by atoms with Gasteiger partial charge in [0.15, 0.2) is 5.69 Å². The maximum atomic E-state index is 13.4. The predicted molar refractivity (Wildman–Crippen MR) is 88.6 cm³/mol. The molecular formula is C18H22FN3O2. The van der Waals surface area contributed by atoms with Gasteiger partial charge in [0, 0.05) is 24.9 Å². The van der Waals surface area contributed by atoms with E-state index in [4.69, 9.17) is 5.11 Å². The highest BCUT2D eigenvalue weighted by Crippen LogP contribution is 2.24. The molecule has 128 valence electrons. The van der Waals surface area contributed by atoms with Crippen molar-refractivity contribution in [2.45, 2.75) is 38.6 Å². The lowest BCUT2D eigenvalue weighted by molar-refractivity contribution is 0.0718. The highest BCUT2D eigenvalue weighted by Gasteiger charge is 2.30. The third-order valence-electron chi connectivity index (χ3n) is 4.49. The third-order valence-corrected chi connectivity index (χ3v) is 4.49. The minimum absolute atomic E-state index is 0.0892. The third kappa shape index (κ3) is 3.33. The second-order valence-electron chi connectivity index (χ2n) is 6.22. The summed E-state index contributed by atoms with van der Waals surface area (Å²) in [4.78, 5) is 14.7. The minimum atomic E-state index is -0.334. The summed E-state index contributed by atoms with van der Waals surface area (Å²) in [6.07, 6.45) is 3.46. The van der Waals surface area contributed by atoms with Crippen LogP contribution in [0.2, 0.25) is 0 Å². The molecule has 1 unspecified atom stereocenters. The first-order chi connectivity index (χ1) is 11.6. The number of hydrogen-bond donors (Lipinski definition) is 1. The van der Waals surface area contributed by atoms with Gasteiger partial charge in [-0.2, -0.15) is 5.10 Å². The number of hydrogen-bond acceptors (Lipinski definition) is 3. The number of nitrogens with zero attached hydrogens (tertiary/aromatic N) is 3. The molecule has 6 heteroatoms. The van der Waals surface area contributed by atoms with Gasteiger partial charge in [-0.25, -0.2) is 9.07 Å². The van der Waals surface area contributed by atoms with Crippen LogP contribution in [0.15, 0.2) is 30.3 Å². The van der Waals surface area contributed by atoms with E-state index >= 15 is 0 Å². The summed E-state index contributed by atoms with van der Waals surface area (Å²) in [5, 5.41) is 13.4. The number of halogens is 1. The van der Waals surface area contributed by atoms with E-state index in [2.05, 4.69) is 5.10 Å². The SMILES string of the molecule is Cc1cc(C(=O)N2CCCC2CCCO)nn1-c1cccc(F)c1. The Balaban J connectivity index is 1.82. The van der Waals surface area contributed by atoms with Crippen LogP contribution in [-0.2, 0) is 0 Å². The number of carbonyl (C=O) groups is 1. The number of benzene rings is 1. The van der Waals surface area contributed by atoms with Crippen LogP contribution in [0.25, 0.3) is 5.69 Å². The van der Waals surface area contributed by atoms with Crippen molar-refractivity contribution in [3.8, 4) is 5.69 Å². The van der Waals surface area contributed by atoms with Gasteiger partial charge in [-0.05, 0) is 56.9 Å². The lowest BCUT2D eigenvalue weighted by Crippen LogP contribution is -2.36. The van der Waals surface area contributed by atoms with Gasteiger partial charge >= 0.3 is 0 Å². The van der Waals surface area contributed by atoms with Crippen LogP contribution in [0.1, 0.15) is 41.9 Å². The molecule has 5 nitrogen and oxygen atoms in total. The number of likely N-dealkylation sites (tertiary alicyclic amines) is 1. The summed E-state index contributed by atoms with van der Waals surface area (Å²) in [6.45, 7) is 2.72. The van der Waals surface area contributed by atoms with Gasteiger partial charge in [-0.1, -0.05) is 6.07 Å². The zero-order valence-corrected chi connectivity index (χ0v) is 13.8. The molecule has 2 aromatic rings. The number of amides is 1. The molecule has 0 spiro atoms. The van der Waals surface area contributed by atoms with E-state index in [9.17, 15) is 9.18 Å². The summed E-state index contributed by atoms with van der Waals surface area (Å²) in [7, 11) is 0. The molecule has 1 fully saturated rings. The molecule has 1 amide bonds. The van der Waals surface area contributed by atoms with Crippen molar-refractivity contribution >= 4 is 5.91 Å². The fourth-order valence-electron chi connectivity index (χ4n) is 3.33. The summed E-state index contributed by atoms with van der Waals surface area (Å²) in [5.74, 6) is -0.424. The Morgan fingerprint density at radius 3 is 3.00 bits per heavy atom. The molecule has 24 heavy (non-hydrogen) atoms. The molecule has 1 aromatic heterocycles. The highest BCUT2D eigenvalue weighted by atomic mass is 19.1. The second kappa shape index (κ2) is 7.13. The molecule has 0 radical (unpaired) electrons. The number of aliphatic hydroxyl groups excluding tert-OH is 1. The molecular weight excluding hydrogens is 309 g/mol. The van der Waals surface area contributed by atoms with E-state index in [1.807, 2.05) is 11.8 Å². The van der Waals surface area contributed by atoms with Crippen LogP contribution < -0.4 is 0 Å². The van der Waals surface area contributed by atoms with Gasteiger partial charge in [-0.15, -0.1) is 0 Å². The molecule has 1 aliphatic rings. The van der Waals surface area contributed by atoms with Crippen molar-refractivity contribution in [3.05, 3.63) is 47.5 Å². The minimum Gasteiger partial charge on any atom is -0.396 e. The first-order valence-electron chi connectivity index (χ1n) is 8.34. The van der Waals surface area contributed by atoms with Gasteiger partial charge < -0.3 is 10.0 Å². The fraction of sp³-hybridized carbons (Fsp3) is 0.444. The van der Waals surface area contributed by atoms with Crippen molar-refractivity contribution < 1.29 is 14.3 Å². The zero-order valence-electron chi connectivity index (χ0n) is 13.8. The van der Waals surface area contributed by atoms with Crippen molar-refractivity contribution in [2.24, 2.45) is 0 Å². The standard InChI is InChI=1S/C18H22FN3O2/c1-13-11-17(20-22(13)16-6-2-5-14(19)12-16)18(24)21-9-3-7-15(21)8-4-10-23/h2,5-6,11-12,15,23H,3-4,7-10H2,1H3. The summed E-state index contributed by atoms with van der Waals surface area (Å²) in [5.41, 5.74) is 1.77. The fourth-order valence-corrected chi connectivity index (χ4v) is 3.33. The maximum Gasteiger partial charge on any atom is 0.274 e. The van der Waals surface area contributed by atoms with Crippen LogP contribution in [0.5, 0.6) is 0 Å². The maximum absolute atomic E-state index is 13.4. The van der Waals surface area contributed by atoms with Gasteiger partial charge in [0.1, 0.15) is 5.82 Å². The number of carbonyl (C=O) groups excluding carboxylic acids is 1. The number of aliphatic hydroxyl groups is 1. The predicted octanol–water partition coefficient (Wildman–Crippen LogP) is 2.70. The van der Waals surface area contributed by atoms with Gasteiger partial charge in [0.25, 0.3) is 5.91 Å². The molecule has 1 aromatic carbocycles. The van der Waals surface area contributed by atoms with E-state index in [0.717, 1.165) is 31.5 Å². The van der Waals surface area contributed by atoms with E-state index in [1.165, 1.54) is 12.1 Å². The average Bonchev–Trinajstić information content (AvgIpc) is 3.18. The summed E-state index contributed by atoms with van der Waals surface area (Å²) in [6, 6.07) is 8.08. The number of aryl methyl sites for hydroxylation is 1. The first-order valence-corrected chi connectivity index (χ1v) is 8.34. The quantitative estimate of drug-likeness (QED) is 0.916. The molecule has 0 saturated carbocycles. The van der Waals surface area contributed by atoms with Gasteiger partial charge in [0.2, 0.25) is 0 Å². The Labute approximate surface area is 140 Å². The lowest BCUT2D eigenvalue weighted by Gasteiger charge is -2.23. The van der Waals surface area contributed by atoms with Crippen LogP contribution in [0, 0.1) is 12.7 Å². The molecule has 1 saturated heterocycles. The normalized spacial score (nSPS) is 17.5. The largest absolute Gasteiger partial charge is 0.396 e. The average molecular weight is 331 g/mol. The molecule has 3 rings (SSSR count). The lowest BCUT2D eigenvalue weighted by atomic mass is 10.1. The second-order valence-corrected chi connectivity index (χ2v) is 6.22. The number of rotatable bonds is 5. The van der Waals surface area contributed by atoms with E-state index in [-0.39, 0.29) is 24.4 Å². The monoisotopic (exact) mass is 331 g/mol. The van der Waals surface area contributed by atoms with Crippen molar-refractivity contribution in [3.63, 3.8) is 0 Å². The zero-order chi connectivity index (χ0) is 17.1. The van der Waals surface area contributed by atoms with Crippen LogP contribution in [-0.4, -0.2) is 44.9 Å². The molecule has 1 aliphatic heterocycles. The van der Waals surface area contributed by atoms with E-state index < -0.39 is 0 Å². The van der Waals surface area contributed by atoms with Crippen molar-refractivity contribution in [1.29, 1.82) is 0 Å². The molecule has 2 heterocycles. The van der Waals surface area contributed by atoms with Crippen molar-refractivity contribution in [1.82, 2.24) is 14.7 Å². The van der Waals surface area contributed by atoms with Gasteiger partial charge in [0.05, 0.1) is 5.69 Å². The molecule has 1 N–H and O–H groups in total. The van der Waals surface area contributed by atoms with Crippen LogP contribution >= 0.6 is 0 Å². The smallest absolute Gasteiger partial charge is 0.274 e. The van der Waals surface area contributed by atoms with Crippen LogP contribution in [0.3, 0.4) is 0 Å². The Kier molecular flexibility index (Phi) is 4.94. The topological polar surface area (TPSA) is 58.4 Å². The highest BCUT2D eigenvalue weighted by molar-refractivity contribution is 5.93. The number of aromatic nitrogens is 2. The Morgan fingerprint density at radius 2 is 2.25 bits per heavy atom. The Bertz CT molecular complexity index is 729. The van der Waals surface area contributed by atoms with Crippen molar-refractivity contribution in [2.75, 3.05) is 13.2 Å². The molecule has 0 bridgehead atoms. The molecule has 0 aliphatic carbocycles. The summed E-state index contributed by atoms with van der Waals surface area (Å²) >= 11 is 0. The Morgan fingerprint density at radius 1 is 1.42 bits per heavy atom.